The van der Waals surface area contributed by atoms with E-state index in [1.54, 1.807) is 28.9 Å². The van der Waals surface area contributed by atoms with Gasteiger partial charge in [0.2, 0.25) is 0 Å². The molecule has 1 saturated heterocycles. The molecular formula is C18H15F3N4O. The van der Waals surface area contributed by atoms with E-state index >= 15 is 0 Å². The van der Waals surface area contributed by atoms with Gasteiger partial charge in [-0.25, -0.2) is 22.9 Å². The van der Waals surface area contributed by atoms with E-state index in [-0.39, 0.29) is 12.6 Å². The highest BCUT2D eigenvalue weighted by Crippen LogP contribution is 2.23. The number of amides is 2. The summed E-state index contributed by atoms with van der Waals surface area (Å²) in [4.78, 5) is 17.9. The van der Waals surface area contributed by atoms with Crippen molar-refractivity contribution in [2.24, 2.45) is 0 Å². The second-order valence-electron chi connectivity index (χ2n) is 6.20. The zero-order valence-corrected chi connectivity index (χ0v) is 13.6. The van der Waals surface area contributed by atoms with Crippen LogP contribution in [-0.2, 0) is 0 Å². The number of imidazole rings is 1. The van der Waals surface area contributed by atoms with Crippen LogP contribution in [0.25, 0.3) is 16.9 Å². The predicted molar refractivity (Wildman–Crippen MR) is 90.6 cm³/mol. The lowest BCUT2D eigenvalue weighted by atomic mass is 10.1. The van der Waals surface area contributed by atoms with E-state index < -0.39 is 17.8 Å². The highest BCUT2D eigenvalue weighted by atomic mass is 19.2. The quantitative estimate of drug-likeness (QED) is 0.755. The first-order chi connectivity index (χ1) is 12.5. The summed E-state index contributed by atoms with van der Waals surface area (Å²) in [5.74, 6) is -1.86. The van der Waals surface area contributed by atoms with Gasteiger partial charge in [0.05, 0.1) is 17.9 Å². The molecule has 3 aromatic rings. The fourth-order valence-electron chi connectivity index (χ4n) is 2.96. The number of aromatic nitrogens is 2. The lowest BCUT2D eigenvalue weighted by Gasteiger charge is -2.16. The van der Waals surface area contributed by atoms with Crippen LogP contribution in [0.3, 0.4) is 0 Å². The molecule has 134 valence electrons. The molecule has 0 saturated carbocycles. The first kappa shape index (κ1) is 16.4. The summed E-state index contributed by atoms with van der Waals surface area (Å²) < 4.78 is 41.4. The molecule has 1 aromatic carbocycles. The highest BCUT2D eigenvalue weighted by Gasteiger charge is 2.25. The van der Waals surface area contributed by atoms with Gasteiger partial charge in [-0.3, -0.25) is 0 Å². The Bertz CT molecular complexity index is 988. The molecule has 0 spiro atoms. The molecule has 0 bridgehead atoms. The van der Waals surface area contributed by atoms with Gasteiger partial charge in [0, 0.05) is 24.5 Å². The van der Waals surface area contributed by atoms with Crippen molar-refractivity contribution in [1.29, 1.82) is 0 Å². The summed E-state index contributed by atoms with van der Waals surface area (Å²) in [5, 5.41) is 2.72. The molecule has 1 aliphatic rings. The molecule has 3 heterocycles. The number of benzene rings is 1. The third-order valence-electron chi connectivity index (χ3n) is 4.34. The normalized spacial score (nSPS) is 17.0. The van der Waals surface area contributed by atoms with Crippen LogP contribution in [0.1, 0.15) is 6.42 Å². The van der Waals surface area contributed by atoms with Crippen LogP contribution in [0, 0.1) is 11.6 Å². The number of carbonyl (C=O) groups excluding carboxylic acids is 1. The number of urea groups is 1. The Labute approximate surface area is 147 Å². The average molecular weight is 360 g/mol. The van der Waals surface area contributed by atoms with Crippen LogP contribution >= 0.6 is 0 Å². The number of hydrogen-bond acceptors (Lipinski definition) is 2. The number of pyridine rings is 1. The molecule has 0 aliphatic carbocycles. The number of rotatable bonds is 2. The number of fused-ring (bicyclic) bond motifs is 1. The van der Waals surface area contributed by atoms with Crippen LogP contribution in [-0.4, -0.2) is 39.6 Å². The molecule has 1 atom stereocenters. The van der Waals surface area contributed by atoms with Gasteiger partial charge in [0.25, 0.3) is 0 Å². The highest BCUT2D eigenvalue weighted by molar-refractivity contribution is 5.89. The molecule has 0 unspecified atom stereocenters. The predicted octanol–water partition coefficient (Wildman–Crippen LogP) is 3.86. The molecule has 8 heteroatoms. The molecule has 1 fully saturated rings. The zero-order valence-electron chi connectivity index (χ0n) is 13.6. The number of halogens is 3. The van der Waals surface area contributed by atoms with Gasteiger partial charge in [-0.1, -0.05) is 0 Å². The Balaban J connectivity index is 1.57. The molecular weight excluding hydrogens is 345 g/mol. The van der Waals surface area contributed by atoms with Gasteiger partial charge in [0.1, 0.15) is 11.8 Å². The van der Waals surface area contributed by atoms with E-state index in [0.29, 0.717) is 35.6 Å². The largest absolute Gasteiger partial charge is 0.322 e. The Morgan fingerprint density at radius 3 is 2.73 bits per heavy atom. The minimum Gasteiger partial charge on any atom is -0.322 e. The van der Waals surface area contributed by atoms with Crippen LogP contribution in [0.2, 0.25) is 0 Å². The second kappa shape index (κ2) is 6.36. The van der Waals surface area contributed by atoms with E-state index in [1.807, 2.05) is 0 Å². The molecule has 4 rings (SSSR count). The third kappa shape index (κ3) is 3.10. The summed E-state index contributed by atoms with van der Waals surface area (Å²) >= 11 is 0. The molecule has 2 amide bonds. The monoisotopic (exact) mass is 360 g/mol. The van der Waals surface area contributed by atoms with Gasteiger partial charge in [0.15, 0.2) is 11.6 Å². The van der Waals surface area contributed by atoms with Crippen LogP contribution < -0.4 is 5.32 Å². The minimum absolute atomic E-state index is 0.0967. The molecule has 1 N–H and O–H groups in total. The van der Waals surface area contributed by atoms with Gasteiger partial charge in [-0.2, -0.15) is 0 Å². The molecule has 26 heavy (non-hydrogen) atoms. The number of hydrogen-bond donors (Lipinski definition) is 1. The van der Waals surface area contributed by atoms with Crippen LogP contribution in [0.4, 0.5) is 23.7 Å². The van der Waals surface area contributed by atoms with Crippen LogP contribution in [0.15, 0.2) is 42.7 Å². The molecule has 1 aliphatic heterocycles. The Kier molecular flexibility index (Phi) is 4.02. The van der Waals surface area contributed by atoms with E-state index in [4.69, 9.17) is 0 Å². The van der Waals surface area contributed by atoms with E-state index in [0.717, 1.165) is 12.1 Å². The molecule has 5 nitrogen and oxygen atoms in total. The number of anilines is 1. The van der Waals surface area contributed by atoms with Gasteiger partial charge < -0.3 is 14.6 Å². The van der Waals surface area contributed by atoms with Gasteiger partial charge in [-0.05, 0) is 36.8 Å². The van der Waals surface area contributed by atoms with Crippen molar-refractivity contribution in [2.45, 2.75) is 12.6 Å². The fraction of sp³-hybridized carbons (Fsp3) is 0.222. The number of carbonyl (C=O) groups is 1. The first-order valence-corrected chi connectivity index (χ1v) is 8.14. The maximum atomic E-state index is 13.4. The van der Waals surface area contributed by atoms with Crippen molar-refractivity contribution >= 4 is 17.4 Å². The lowest BCUT2D eigenvalue weighted by Crippen LogP contribution is -2.33. The van der Waals surface area contributed by atoms with E-state index in [2.05, 4.69) is 10.3 Å². The number of alkyl halides is 1. The fourth-order valence-corrected chi connectivity index (χ4v) is 2.96. The third-order valence-corrected chi connectivity index (χ3v) is 4.34. The van der Waals surface area contributed by atoms with Crippen molar-refractivity contribution in [3.05, 3.63) is 54.4 Å². The van der Waals surface area contributed by atoms with Crippen molar-refractivity contribution in [2.75, 3.05) is 18.4 Å². The summed E-state index contributed by atoms with van der Waals surface area (Å²) in [7, 11) is 0. The summed E-state index contributed by atoms with van der Waals surface area (Å²) in [6.45, 7) is 0.486. The van der Waals surface area contributed by atoms with Gasteiger partial charge >= 0.3 is 6.03 Å². The average Bonchev–Trinajstić information content (AvgIpc) is 3.23. The standard InChI is InChI=1S/C18H15F3N4O/c19-12-5-6-24(8-12)18(26)22-13-2-4-17-23-16(10-25(17)9-13)11-1-3-14(20)15(21)7-11/h1-4,7,9-10,12H,5-6,8H2,(H,22,26)/t12-/m0/s1. The van der Waals surface area contributed by atoms with Crippen LogP contribution in [0.5, 0.6) is 0 Å². The topological polar surface area (TPSA) is 49.6 Å². The first-order valence-electron chi connectivity index (χ1n) is 8.14. The number of likely N-dealkylation sites (tertiary alicyclic amines) is 1. The van der Waals surface area contributed by atoms with E-state index in [9.17, 15) is 18.0 Å². The molecule has 2 aromatic heterocycles. The maximum Gasteiger partial charge on any atom is 0.321 e. The maximum absolute atomic E-state index is 13.4. The van der Waals surface area contributed by atoms with Crippen molar-refractivity contribution < 1.29 is 18.0 Å². The van der Waals surface area contributed by atoms with Crippen molar-refractivity contribution in [3.8, 4) is 11.3 Å². The lowest BCUT2D eigenvalue weighted by molar-refractivity contribution is 0.218. The zero-order chi connectivity index (χ0) is 18.3. The van der Waals surface area contributed by atoms with E-state index in [1.165, 1.54) is 11.0 Å². The molecule has 0 radical (unpaired) electrons. The smallest absolute Gasteiger partial charge is 0.321 e. The SMILES string of the molecule is O=C(Nc1ccc2nc(-c3ccc(F)c(F)c3)cn2c1)N1CC[C@H](F)C1. The second-order valence-corrected chi connectivity index (χ2v) is 6.20. The van der Waals surface area contributed by atoms with Gasteiger partial charge in [-0.15, -0.1) is 0 Å². The van der Waals surface area contributed by atoms with Crippen molar-refractivity contribution in [3.63, 3.8) is 0 Å². The minimum atomic E-state index is -0.976. The summed E-state index contributed by atoms with van der Waals surface area (Å²) in [6, 6.07) is 6.60. The number of nitrogens with one attached hydrogen (secondary N) is 1. The Morgan fingerprint density at radius 2 is 2.00 bits per heavy atom. The summed E-state index contributed by atoms with van der Waals surface area (Å²) in [5.41, 5.74) is 2.04. The Morgan fingerprint density at radius 1 is 1.15 bits per heavy atom. The summed E-state index contributed by atoms with van der Waals surface area (Å²) in [6.07, 6.45) is 2.69. The van der Waals surface area contributed by atoms with Crippen molar-refractivity contribution in [1.82, 2.24) is 14.3 Å². The number of nitrogens with zero attached hydrogens (tertiary/aromatic N) is 3. The Hall–Kier alpha value is -3.03.